The van der Waals surface area contributed by atoms with Gasteiger partial charge >= 0.3 is 0 Å². The van der Waals surface area contributed by atoms with Crippen LogP contribution < -0.4 is 5.73 Å². The number of carbonyl (C=O) groups excluding carboxylic acids is 1. The van der Waals surface area contributed by atoms with Crippen molar-refractivity contribution in [1.82, 2.24) is 4.90 Å². The molecule has 5 heteroatoms. The molecule has 1 amide bonds. The van der Waals surface area contributed by atoms with Crippen molar-refractivity contribution in [2.75, 3.05) is 19.7 Å². The van der Waals surface area contributed by atoms with Crippen LogP contribution >= 0.6 is 0 Å². The van der Waals surface area contributed by atoms with Crippen LogP contribution in [0.15, 0.2) is 24.3 Å². The minimum Gasteiger partial charge on any atom is -0.370 e. The van der Waals surface area contributed by atoms with Gasteiger partial charge in [-0.25, -0.2) is 4.39 Å². The van der Waals surface area contributed by atoms with Crippen LogP contribution in [0.25, 0.3) is 0 Å². The number of benzene rings is 1. The second kappa shape index (κ2) is 5.73. The summed E-state index contributed by atoms with van der Waals surface area (Å²) in [6.07, 6.45) is 3.09. The van der Waals surface area contributed by atoms with E-state index in [0.717, 1.165) is 25.7 Å². The second-order valence-electron chi connectivity index (χ2n) is 6.00. The van der Waals surface area contributed by atoms with E-state index in [0.29, 0.717) is 25.3 Å². The molecule has 0 unspecified atom stereocenters. The Morgan fingerprint density at radius 2 is 2.05 bits per heavy atom. The Kier molecular flexibility index (Phi) is 3.95. The number of amides is 1. The van der Waals surface area contributed by atoms with Gasteiger partial charge in [-0.05, 0) is 18.9 Å². The molecule has 114 valence electrons. The van der Waals surface area contributed by atoms with Gasteiger partial charge in [0.05, 0.1) is 18.7 Å². The molecule has 1 aliphatic heterocycles. The molecule has 4 nitrogen and oxygen atoms in total. The highest BCUT2D eigenvalue weighted by atomic mass is 19.1. The first-order chi connectivity index (χ1) is 10.1. The fourth-order valence-electron chi connectivity index (χ4n) is 3.29. The Bertz CT molecular complexity index is 529. The summed E-state index contributed by atoms with van der Waals surface area (Å²) in [7, 11) is 0. The van der Waals surface area contributed by atoms with E-state index in [1.165, 1.54) is 6.07 Å². The average molecular weight is 292 g/mol. The van der Waals surface area contributed by atoms with Gasteiger partial charge in [-0.2, -0.15) is 0 Å². The van der Waals surface area contributed by atoms with Crippen LogP contribution in [0.2, 0.25) is 0 Å². The highest BCUT2D eigenvalue weighted by molar-refractivity contribution is 5.86. The number of halogens is 1. The van der Waals surface area contributed by atoms with Gasteiger partial charge in [0.1, 0.15) is 11.9 Å². The lowest BCUT2D eigenvalue weighted by atomic mass is 9.96. The maximum Gasteiger partial charge on any atom is 0.242 e. The van der Waals surface area contributed by atoms with Gasteiger partial charge in [0, 0.05) is 12.1 Å². The zero-order valence-corrected chi connectivity index (χ0v) is 12.1. The third kappa shape index (κ3) is 2.80. The first-order valence-corrected chi connectivity index (χ1v) is 7.54. The summed E-state index contributed by atoms with van der Waals surface area (Å²) in [5.41, 5.74) is 6.02. The average Bonchev–Trinajstić information content (AvgIpc) is 2.95. The van der Waals surface area contributed by atoms with Crippen molar-refractivity contribution in [2.24, 2.45) is 5.73 Å². The first-order valence-electron chi connectivity index (χ1n) is 7.54. The first kappa shape index (κ1) is 14.5. The fourth-order valence-corrected chi connectivity index (χ4v) is 3.29. The molecular formula is C16H21FN2O2. The highest BCUT2D eigenvalue weighted by Crippen LogP contribution is 2.31. The van der Waals surface area contributed by atoms with Gasteiger partial charge in [0.15, 0.2) is 0 Å². The van der Waals surface area contributed by atoms with Gasteiger partial charge in [0.25, 0.3) is 0 Å². The maximum absolute atomic E-state index is 13.9. The van der Waals surface area contributed by atoms with E-state index in [4.69, 9.17) is 10.5 Å². The van der Waals surface area contributed by atoms with Crippen LogP contribution in [-0.4, -0.2) is 36.0 Å². The predicted octanol–water partition coefficient (Wildman–Crippen LogP) is 2.00. The minimum absolute atomic E-state index is 0.00959. The Balaban J connectivity index is 1.74. The monoisotopic (exact) mass is 292 g/mol. The Hall–Kier alpha value is -1.46. The van der Waals surface area contributed by atoms with Crippen LogP contribution in [0.3, 0.4) is 0 Å². The second-order valence-corrected chi connectivity index (χ2v) is 6.00. The molecule has 1 saturated carbocycles. The lowest BCUT2D eigenvalue weighted by molar-refractivity contribution is -0.144. The number of hydrogen-bond donors (Lipinski definition) is 1. The van der Waals surface area contributed by atoms with Crippen LogP contribution in [0, 0.1) is 5.82 Å². The molecule has 0 bridgehead atoms. The molecule has 2 N–H and O–H groups in total. The Morgan fingerprint density at radius 3 is 2.76 bits per heavy atom. The van der Waals surface area contributed by atoms with E-state index in [-0.39, 0.29) is 11.7 Å². The number of ether oxygens (including phenoxy) is 1. The van der Waals surface area contributed by atoms with E-state index in [1.807, 2.05) is 0 Å². The summed E-state index contributed by atoms with van der Waals surface area (Å²) in [5, 5.41) is 0. The van der Waals surface area contributed by atoms with E-state index in [1.54, 1.807) is 23.1 Å². The molecule has 2 fully saturated rings. The third-order valence-corrected chi connectivity index (χ3v) is 4.53. The number of nitrogens with zero attached hydrogens (tertiary/aromatic N) is 1. The van der Waals surface area contributed by atoms with E-state index in [2.05, 4.69) is 0 Å². The van der Waals surface area contributed by atoms with E-state index < -0.39 is 11.6 Å². The fraction of sp³-hybridized carbons (Fsp3) is 0.562. The molecule has 1 saturated heterocycles. The molecule has 1 heterocycles. The van der Waals surface area contributed by atoms with Crippen molar-refractivity contribution in [2.45, 2.75) is 37.3 Å². The lowest BCUT2D eigenvalue weighted by Gasteiger charge is -2.37. The van der Waals surface area contributed by atoms with Crippen molar-refractivity contribution in [1.29, 1.82) is 0 Å². The van der Waals surface area contributed by atoms with Crippen LogP contribution in [0.1, 0.15) is 37.4 Å². The molecule has 1 aromatic carbocycles. The number of carbonyl (C=O) groups is 1. The van der Waals surface area contributed by atoms with E-state index >= 15 is 0 Å². The molecule has 0 spiro atoms. The van der Waals surface area contributed by atoms with Crippen molar-refractivity contribution in [3.05, 3.63) is 35.6 Å². The highest BCUT2D eigenvalue weighted by Gasteiger charge is 2.41. The van der Waals surface area contributed by atoms with Gasteiger partial charge in [-0.15, -0.1) is 0 Å². The quantitative estimate of drug-likeness (QED) is 0.907. The summed E-state index contributed by atoms with van der Waals surface area (Å²) in [6.45, 7) is 1.32. The van der Waals surface area contributed by atoms with Gasteiger partial charge in [-0.1, -0.05) is 31.0 Å². The molecule has 3 rings (SSSR count). The molecule has 21 heavy (non-hydrogen) atoms. The summed E-state index contributed by atoms with van der Waals surface area (Å²) in [4.78, 5) is 14.4. The number of rotatable bonds is 2. The van der Waals surface area contributed by atoms with Crippen LogP contribution in [-0.2, 0) is 9.53 Å². The number of morpholine rings is 1. The summed E-state index contributed by atoms with van der Waals surface area (Å²) in [6, 6.07) is 6.56. The van der Waals surface area contributed by atoms with Crippen LogP contribution in [0.5, 0.6) is 0 Å². The van der Waals surface area contributed by atoms with Crippen molar-refractivity contribution >= 4 is 5.91 Å². The zero-order valence-electron chi connectivity index (χ0n) is 12.1. The van der Waals surface area contributed by atoms with Crippen LogP contribution in [0.4, 0.5) is 4.39 Å². The maximum atomic E-state index is 13.9. The van der Waals surface area contributed by atoms with E-state index in [9.17, 15) is 9.18 Å². The summed E-state index contributed by atoms with van der Waals surface area (Å²) >= 11 is 0. The predicted molar refractivity (Wildman–Crippen MR) is 77.1 cm³/mol. The number of nitrogens with two attached hydrogens (primary N) is 1. The largest absolute Gasteiger partial charge is 0.370 e. The minimum atomic E-state index is -0.725. The standard InChI is InChI=1S/C16H21FN2O2/c17-13-6-2-1-5-12(13)14-11-19(9-10-21-14)15(20)16(18)7-3-4-8-16/h1-2,5-6,14H,3-4,7-11,18H2/t14-/m0/s1. The zero-order chi connectivity index (χ0) is 14.9. The molecule has 1 aliphatic carbocycles. The molecule has 1 atom stereocenters. The molecule has 0 aromatic heterocycles. The van der Waals surface area contributed by atoms with Gasteiger partial charge < -0.3 is 15.4 Å². The molecule has 1 aromatic rings. The lowest BCUT2D eigenvalue weighted by Crippen LogP contribution is -2.56. The number of hydrogen-bond acceptors (Lipinski definition) is 3. The topological polar surface area (TPSA) is 55.6 Å². The molecule has 0 radical (unpaired) electrons. The SMILES string of the molecule is NC1(C(=O)N2CCO[C@H](c3ccccc3F)C2)CCCC1. The van der Waals surface area contributed by atoms with Crippen molar-refractivity contribution in [3.63, 3.8) is 0 Å². The van der Waals surface area contributed by atoms with Crippen molar-refractivity contribution in [3.8, 4) is 0 Å². The summed E-state index contributed by atoms with van der Waals surface area (Å²) in [5.74, 6) is -0.301. The Labute approximate surface area is 124 Å². The summed E-state index contributed by atoms with van der Waals surface area (Å²) < 4.78 is 19.5. The molecule has 2 aliphatic rings. The smallest absolute Gasteiger partial charge is 0.242 e. The van der Waals surface area contributed by atoms with Gasteiger partial charge in [0.2, 0.25) is 5.91 Å². The normalized spacial score (nSPS) is 25.0. The van der Waals surface area contributed by atoms with Gasteiger partial charge in [-0.3, -0.25) is 4.79 Å². The Morgan fingerprint density at radius 1 is 1.33 bits per heavy atom. The van der Waals surface area contributed by atoms with Crippen molar-refractivity contribution < 1.29 is 13.9 Å². The third-order valence-electron chi connectivity index (χ3n) is 4.53. The molecular weight excluding hydrogens is 271 g/mol.